The first-order valence-corrected chi connectivity index (χ1v) is 11.0. The van der Waals surface area contributed by atoms with Crippen molar-refractivity contribution in [3.63, 3.8) is 0 Å². The van der Waals surface area contributed by atoms with E-state index in [0.717, 1.165) is 18.6 Å². The van der Waals surface area contributed by atoms with Crippen molar-refractivity contribution in [2.24, 2.45) is 18.0 Å². The largest absolute Gasteiger partial charge is 0.497 e. The fourth-order valence-electron chi connectivity index (χ4n) is 4.04. The molecule has 0 amide bonds. The molecule has 3 aromatic heterocycles. The Morgan fingerprint density at radius 3 is 2.79 bits per heavy atom. The van der Waals surface area contributed by atoms with Crippen LogP contribution in [0.15, 0.2) is 47.8 Å². The van der Waals surface area contributed by atoms with E-state index in [4.69, 9.17) is 19.2 Å². The predicted octanol–water partition coefficient (Wildman–Crippen LogP) is 3.26. The molecule has 1 fully saturated rings. The van der Waals surface area contributed by atoms with Gasteiger partial charge in [0.25, 0.3) is 0 Å². The van der Waals surface area contributed by atoms with Crippen molar-refractivity contribution >= 4 is 16.9 Å². The van der Waals surface area contributed by atoms with Gasteiger partial charge in [-0.1, -0.05) is 0 Å². The maximum absolute atomic E-state index is 15.1. The Balaban J connectivity index is 1.72. The monoisotopic (exact) mass is 464 g/mol. The number of ether oxygens (including phenoxy) is 3. The second-order valence-electron chi connectivity index (χ2n) is 8.17. The van der Waals surface area contributed by atoms with Crippen LogP contribution in [0.3, 0.4) is 0 Å². The molecule has 1 aliphatic rings. The van der Waals surface area contributed by atoms with Crippen molar-refractivity contribution in [1.29, 1.82) is 0 Å². The van der Waals surface area contributed by atoms with Gasteiger partial charge in [-0.05, 0) is 18.6 Å². The zero-order chi connectivity index (χ0) is 23.7. The first-order chi connectivity index (χ1) is 16.6. The smallest absolute Gasteiger partial charge is 0.190 e. The van der Waals surface area contributed by atoms with Gasteiger partial charge in [0.1, 0.15) is 22.4 Å². The predicted molar refractivity (Wildman–Crippen MR) is 123 cm³/mol. The topological polar surface area (TPSA) is 88.6 Å². The molecule has 0 N–H and O–H groups in total. The second-order valence-corrected chi connectivity index (χ2v) is 8.17. The average molecular weight is 465 g/mol. The van der Waals surface area contributed by atoms with E-state index >= 15 is 4.39 Å². The number of hydrogen-bond acceptors (Lipinski definition) is 7. The Bertz CT molecular complexity index is 1410. The van der Waals surface area contributed by atoms with Crippen LogP contribution in [-0.4, -0.2) is 51.7 Å². The molecule has 1 atom stereocenters. The lowest BCUT2D eigenvalue weighted by molar-refractivity contribution is 0.182. The van der Waals surface area contributed by atoms with Gasteiger partial charge in [-0.2, -0.15) is 5.10 Å². The van der Waals surface area contributed by atoms with Crippen LogP contribution < -0.4 is 15.0 Å². The molecule has 0 saturated carbocycles. The highest BCUT2D eigenvalue weighted by atomic mass is 19.1. The molecule has 1 aromatic carbocycles. The molecule has 1 saturated heterocycles. The standard InChI is InChI=1S/C24H25FN6O3/c1-30-13-16(10-27-30)20-11-26-18-4-5-22(31(24(18)29-20)12-15-6-7-34-14-15)28-19-8-17(32-2)9-21(33-3)23(19)25/h4-5,8-11,13,15H,6-7,12,14H2,1-3H3/b28-22+. The third-order valence-corrected chi connectivity index (χ3v) is 5.85. The average Bonchev–Trinajstić information content (AvgIpc) is 3.53. The van der Waals surface area contributed by atoms with Crippen LogP contribution in [0.5, 0.6) is 11.5 Å². The van der Waals surface area contributed by atoms with E-state index in [0.29, 0.717) is 41.2 Å². The SMILES string of the molecule is COc1cc(/N=c2\ccc3ncc(-c4cnn(C)c4)nc3n2CC2CCOC2)c(F)c(OC)c1. The number of nitrogens with zero attached hydrogens (tertiary/aromatic N) is 6. The summed E-state index contributed by atoms with van der Waals surface area (Å²) in [6.07, 6.45) is 6.29. The number of rotatable bonds is 6. The normalized spacial score (nSPS) is 16.4. The molecule has 176 valence electrons. The van der Waals surface area contributed by atoms with Gasteiger partial charge in [-0.25, -0.2) is 14.4 Å². The first kappa shape index (κ1) is 22.0. The number of fused-ring (bicyclic) bond motifs is 1. The summed E-state index contributed by atoms with van der Waals surface area (Å²) in [5, 5.41) is 4.24. The van der Waals surface area contributed by atoms with Gasteiger partial charge in [-0.3, -0.25) is 9.67 Å². The molecule has 5 rings (SSSR count). The minimum Gasteiger partial charge on any atom is -0.497 e. The molecule has 0 aliphatic carbocycles. The molecule has 9 nitrogen and oxygen atoms in total. The van der Waals surface area contributed by atoms with Crippen molar-refractivity contribution in [2.75, 3.05) is 27.4 Å². The van der Waals surface area contributed by atoms with Gasteiger partial charge in [0.15, 0.2) is 17.2 Å². The van der Waals surface area contributed by atoms with E-state index < -0.39 is 5.82 Å². The Labute approximate surface area is 195 Å². The van der Waals surface area contributed by atoms with Crippen LogP contribution in [0.4, 0.5) is 10.1 Å². The number of methoxy groups -OCH3 is 2. The Morgan fingerprint density at radius 2 is 2.09 bits per heavy atom. The summed E-state index contributed by atoms with van der Waals surface area (Å²) in [6, 6.07) is 6.69. The quantitative estimate of drug-likeness (QED) is 0.435. The van der Waals surface area contributed by atoms with Crippen LogP contribution in [0.2, 0.25) is 0 Å². The molecular weight excluding hydrogens is 439 g/mol. The van der Waals surface area contributed by atoms with Crippen LogP contribution in [0.25, 0.3) is 22.4 Å². The minimum atomic E-state index is -0.561. The number of pyridine rings is 1. The third-order valence-electron chi connectivity index (χ3n) is 5.85. The van der Waals surface area contributed by atoms with Gasteiger partial charge in [-0.15, -0.1) is 0 Å². The van der Waals surface area contributed by atoms with Crippen LogP contribution in [0, 0.1) is 11.7 Å². The second kappa shape index (κ2) is 9.22. The van der Waals surface area contributed by atoms with E-state index in [2.05, 4.69) is 15.1 Å². The van der Waals surface area contributed by atoms with E-state index in [-0.39, 0.29) is 17.4 Å². The third kappa shape index (κ3) is 4.24. The van der Waals surface area contributed by atoms with Crippen molar-refractivity contribution < 1.29 is 18.6 Å². The molecule has 34 heavy (non-hydrogen) atoms. The van der Waals surface area contributed by atoms with Crippen molar-refractivity contribution in [2.45, 2.75) is 13.0 Å². The summed E-state index contributed by atoms with van der Waals surface area (Å²) < 4.78 is 34.8. The molecular formula is C24H25FN6O3. The number of hydrogen-bond donors (Lipinski definition) is 0. The molecule has 4 aromatic rings. The highest BCUT2D eigenvalue weighted by molar-refractivity contribution is 5.73. The van der Waals surface area contributed by atoms with Crippen LogP contribution in [0.1, 0.15) is 6.42 Å². The van der Waals surface area contributed by atoms with Crippen LogP contribution in [-0.2, 0) is 18.3 Å². The summed E-state index contributed by atoms with van der Waals surface area (Å²) in [7, 11) is 4.78. The number of aryl methyl sites for hydroxylation is 1. The number of benzene rings is 1. The zero-order valence-electron chi connectivity index (χ0n) is 19.2. The van der Waals surface area contributed by atoms with Crippen molar-refractivity contribution in [3.8, 4) is 22.8 Å². The summed E-state index contributed by atoms with van der Waals surface area (Å²) in [4.78, 5) is 14.2. The molecule has 10 heteroatoms. The summed E-state index contributed by atoms with van der Waals surface area (Å²) in [5.41, 5.74) is 3.59. The number of aromatic nitrogens is 5. The summed E-state index contributed by atoms with van der Waals surface area (Å²) in [6.45, 7) is 1.99. The fourth-order valence-corrected chi connectivity index (χ4v) is 4.04. The van der Waals surface area contributed by atoms with E-state index in [1.165, 1.54) is 20.3 Å². The Hall–Kier alpha value is -3.79. The van der Waals surface area contributed by atoms with Gasteiger partial charge in [0.05, 0.1) is 38.9 Å². The zero-order valence-corrected chi connectivity index (χ0v) is 19.2. The lowest BCUT2D eigenvalue weighted by Crippen LogP contribution is -2.26. The minimum absolute atomic E-state index is 0.0632. The maximum atomic E-state index is 15.1. The fraction of sp³-hybridized carbons (Fsp3) is 0.333. The highest BCUT2D eigenvalue weighted by Crippen LogP contribution is 2.32. The van der Waals surface area contributed by atoms with Gasteiger partial charge in [0, 0.05) is 50.0 Å². The lowest BCUT2D eigenvalue weighted by Gasteiger charge is -2.15. The van der Waals surface area contributed by atoms with E-state index in [9.17, 15) is 0 Å². The lowest BCUT2D eigenvalue weighted by atomic mass is 10.1. The molecule has 1 unspecified atom stereocenters. The summed E-state index contributed by atoms with van der Waals surface area (Å²) >= 11 is 0. The molecule has 0 bridgehead atoms. The maximum Gasteiger partial charge on any atom is 0.190 e. The van der Waals surface area contributed by atoms with E-state index in [1.807, 2.05) is 29.9 Å². The Morgan fingerprint density at radius 1 is 1.21 bits per heavy atom. The number of halogens is 1. The molecule has 1 aliphatic heterocycles. The highest BCUT2D eigenvalue weighted by Gasteiger charge is 2.19. The van der Waals surface area contributed by atoms with E-state index in [1.54, 1.807) is 23.1 Å². The molecule has 0 radical (unpaired) electrons. The van der Waals surface area contributed by atoms with Gasteiger partial charge >= 0.3 is 0 Å². The summed E-state index contributed by atoms with van der Waals surface area (Å²) in [5.74, 6) is 0.243. The molecule has 4 heterocycles. The van der Waals surface area contributed by atoms with Crippen LogP contribution >= 0.6 is 0 Å². The van der Waals surface area contributed by atoms with Crippen molar-refractivity contribution in [3.05, 3.63) is 54.2 Å². The van der Waals surface area contributed by atoms with Crippen molar-refractivity contribution in [1.82, 2.24) is 24.3 Å². The van der Waals surface area contributed by atoms with Gasteiger partial charge < -0.3 is 18.8 Å². The first-order valence-electron chi connectivity index (χ1n) is 11.0. The molecule has 0 spiro atoms. The Kier molecular flexibility index (Phi) is 5.97. The van der Waals surface area contributed by atoms with Gasteiger partial charge in [0.2, 0.25) is 0 Å².